The summed E-state index contributed by atoms with van der Waals surface area (Å²) in [4.78, 5) is 28.5. The number of piperazine rings is 1. The summed E-state index contributed by atoms with van der Waals surface area (Å²) in [7, 11) is 1.64. The number of nitrogens with zero attached hydrogens (tertiary/aromatic N) is 2. The lowest BCUT2D eigenvalue weighted by Crippen LogP contribution is -2.50. The molecule has 132 valence electrons. The van der Waals surface area contributed by atoms with E-state index in [1.165, 1.54) is 0 Å². The third kappa shape index (κ3) is 4.28. The van der Waals surface area contributed by atoms with Gasteiger partial charge in [0.15, 0.2) is 0 Å². The third-order valence-electron chi connectivity index (χ3n) is 4.57. The molecule has 0 bridgehead atoms. The van der Waals surface area contributed by atoms with Crippen LogP contribution in [0.15, 0.2) is 18.2 Å². The standard InChI is InChI=1S/C19H28N2O3/c1-4-6-7-18(22)20-10-12-21(13-11-20)19(23)16-8-9-17(24-3)15(5-2)14-16/h8-9,14H,4-7,10-13H2,1-3H3. The summed E-state index contributed by atoms with van der Waals surface area (Å²) in [5.41, 5.74) is 1.73. The van der Waals surface area contributed by atoms with Gasteiger partial charge in [-0.15, -0.1) is 0 Å². The Labute approximate surface area is 144 Å². The van der Waals surface area contributed by atoms with Crippen molar-refractivity contribution >= 4 is 11.8 Å². The minimum atomic E-state index is 0.0352. The molecule has 0 spiro atoms. The van der Waals surface area contributed by atoms with Gasteiger partial charge < -0.3 is 14.5 Å². The van der Waals surface area contributed by atoms with E-state index < -0.39 is 0 Å². The molecule has 0 saturated carbocycles. The molecule has 2 rings (SSSR count). The van der Waals surface area contributed by atoms with Crippen molar-refractivity contribution in [2.24, 2.45) is 0 Å². The Morgan fingerprint density at radius 1 is 1.08 bits per heavy atom. The average molecular weight is 332 g/mol. The second-order valence-electron chi connectivity index (χ2n) is 6.16. The van der Waals surface area contributed by atoms with Crippen molar-refractivity contribution in [1.82, 2.24) is 9.80 Å². The van der Waals surface area contributed by atoms with Crippen LogP contribution in [-0.2, 0) is 11.2 Å². The van der Waals surface area contributed by atoms with Crippen LogP contribution in [0.2, 0.25) is 0 Å². The van der Waals surface area contributed by atoms with Crippen molar-refractivity contribution in [3.63, 3.8) is 0 Å². The lowest BCUT2D eigenvalue weighted by Gasteiger charge is -2.35. The Bertz CT molecular complexity index is 578. The van der Waals surface area contributed by atoms with E-state index in [1.807, 2.05) is 34.9 Å². The first-order valence-electron chi connectivity index (χ1n) is 8.84. The second-order valence-corrected chi connectivity index (χ2v) is 6.16. The smallest absolute Gasteiger partial charge is 0.253 e. The Morgan fingerprint density at radius 2 is 1.75 bits per heavy atom. The molecule has 1 aliphatic rings. The molecule has 0 unspecified atom stereocenters. The van der Waals surface area contributed by atoms with Crippen LogP contribution in [0.1, 0.15) is 49.0 Å². The molecule has 1 aliphatic heterocycles. The number of ether oxygens (including phenoxy) is 1. The number of carbonyl (C=O) groups is 2. The summed E-state index contributed by atoms with van der Waals surface area (Å²) < 4.78 is 5.32. The zero-order valence-corrected chi connectivity index (χ0v) is 15.0. The van der Waals surface area contributed by atoms with Crippen LogP contribution in [0.4, 0.5) is 0 Å². The number of unbranched alkanes of at least 4 members (excludes halogenated alkanes) is 1. The van der Waals surface area contributed by atoms with Crippen LogP contribution < -0.4 is 4.74 Å². The van der Waals surface area contributed by atoms with Gasteiger partial charge >= 0.3 is 0 Å². The van der Waals surface area contributed by atoms with Gasteiger partial charge in [0.05, 0.1) is 7.11 Å². The van der Waals surface area contributed by atoms with E-state index >= 15 is 0 Å². The van der Waals surface area contributed by atoms with Gasteiger partial charge in [-0.1, -0.05) is 20.3 Å². The number of methoxy groups -OCH3 is 1. The molecule has 2 amide bonds. The van der Waals surface area contributed by atoms with E-state index in [4.69, 9.17) is 4.74 Å². The molecular formula is C19H28N2O3. The van der Waals surface area contributed by atoms with E-state index in [9.17, 15) is 9.59 Å². The number of rotatable bonds is 6. The first-order valence-corrected chi connectivity index (χ1v) is 8.84. The van der Waals surface area contributed by atoms with Crippen LogP contribution >= 0.6 is 0 Å². The van der Waals surface area contributed by atoms with Crippen molar-refractivity contribution in [3.05, 3.63) is 29.3 Å². The molecule has 1 saturated heterocycles. The molecule has 5 nitrogen and oxygen atoms in total. The molecule has 0 atom stereocenters. The monoisotopic (exact) mass is 332 g/mol. The van der Waals surface area contributed by atoms with Gasteiger partial charge in [-0.05, 0) is 36.6 Å². The lowest BCUT2D eigenvalue weighted by atomic mass is 10.1. The van der Waals surface area contributed by atoms with Crippen LogP contribution in [0, 0.1) is 0 Å². The van der Waals surface area contributed by atoms with E-state index in [0.29, 0.717) is 38.2 Å². The lowest BCUT2D eigenvalue weighted by molar-refractivity contribution is -0.132. The number of amides is 2. The average Bonchev–Trinajstić information content (AvgIpc) is 2.64. The number of carbonyl (C=O) groups excluding carboxylic acids is 2. The minimum Gasteiger partial charge on any atom is -0.496 e. The Morgan fingerprint density at radius 3 is 2.33 bits per heavy atom. The van der Waals surface area contributed by atoms with Crippen LogP contribution in [-0.4, -0.2) is 54.9 Å². The van der Waals surface area contributed by atoms with Crippen molar-refractivity contribution < 1.29 is 14.3 Å². The first kappa shape index (κ1) is 18.3. The molecule has 5 heteroatoms. The summed E-state index contributed by atoms with van der Waals surface area (Å²) in [5, 5.41) is 0. The Kier molecular flexibility index (Phi) is 6.64. The van der Waals surface area contributed by atoms with Crippen molar-refractivity contribution in [2.75, 3.05) is 33.3 Å². The number of benzene rings is 1. The fourth-order valence-electron chi connectivity index (χ4n) is 3.02. The van der Waals surface area contributed by atoms with Crippen molar-refractivity contribution in [1.29, 1.82) is 0 Å². The zero-order valence-electron chi connectivity index (χ0n) is 15.0. The number of hydrogen-bond donors (Lipinski definition) is 0. The predicted molar refractivity (Wildman–Crippen MR) is 94.4 cm³/mol. The molecule has 1 fully saturated rings. The SMILES string of the molecule is CCCCC(=O)N1CCN(C(=O)c2ccc(OC)c(CC)c2)CC1. The maximum Gasteiger partial charge on any atom is 0.253 e. The highest BCUT2D eigenvalue weighted by Gasteiger charge is 2.24. The molecule has 0 aromatic heterocycles. The molecule has 0 radical (unpaired) electrons. The quantitative estimate of drug-likeness (QED) is 0.805. The second kappa shape index (κ2) is 8.71. The first-order chi connectivity index (χ1) is 11.6. The Balaban J connectivity index is 1.96. The van der Waals surface area contributed by atoms with Gasteiger partial charge in [-0.3, -0.25) is 9.59 Å². The van der Waals surface area contributed by atoms with E-state index in [1.54, 1.807) is 7.11 Å². The fraction of sp³-hybridized carbons (Fsp3) is 0.579. The topological polar surface area (TPSA) is 49.9 Å². The van der Waals surface area contributed by atoms with Crippen molar-refractivity contribution in [3.8, 4) is 5.75 Å². The molecular weight excluding hydrogens is 304 g/mol. The summed E-state index contributed by atoms with van der Waals surface area (Å²) in [6.45, 7) is 6.60. The normalized spacial score (nSPS) is 14.6. The largest absolute Gasteiger partial charge is 0.496 e. The highest BCUT2D eigenvalue weighted by Crippen LogP contribution is 2.21. The van der Waals surface area contributed by atoms with Gasteiger partial charge in [-0.2, -0.15) is 0 Å². The molecule has 1 aromatic rings. The van der Waals surface area contributed by atoms with Gasteiger partial charge in [0, 0.05) is 38.2 Å². The predicted octanol–water partition coefficient (Wildman–Crippen LogP) is 2.73. The Hall–Kier alpha value is -2.04. The zero-order chi connectivity index (χ0) is 17.5. The maximum absolute atomic E-state index is 12.7. The molecule has 0 N–H and O–H groups in total. The summed E-state index contributed by atoms with van der Waals surface area (Å²) in [5.74, 6) is 1.06. The summed E-state index contributed by atoms with van der Waals surface area (Å²) >= 11 is 0. The molecule has 24 heavy (non-hydrogen) atoms. The molecule has 0 aliphatic carbocycles. The van der Waals surface area contributed by atoms with Crippen molar-refractivity contribution in [2.45, 2.75) is 39.5 Å². The number of aryl methyl sites for hydroxylation is 1. The van der Waals surface area contributed by atoms with Crippen LogP contribution in [0.25, 0.3) is 0 Å². The third-order valence-corrected chi connectivity index (χ3v) is 4.57. The van der Waals surface area contributed by atoms with E-state index in [2.05, 4.69) is 6.92 Å². The number of hydrogen-bond acceptors (Lipinski definition) is 3. The highest BCUT2D eigenvalue weighted by atomic mass is 16.5. The van der Waals surface area contributed by atoms with Gasteiger partial charge in [-0.25, -0.2) is 0 Å². The maximum atomic E-state index is 12.7. The molecule has 1 heterocycles. The van der Waals surface area contributed by atoms with Gasteiger partial charge in [0.2, 0.25) is 5.91 Å². The van der Waals surface area contributed by atoms with Crippen LogP contribution in [0.5, 0.6) is 5.75 Å². The van der Waals surface area contributed by atoms with Crippen LogP contribution in [0.3, 0.4) is 0 Å². The summed E-state index contributed by atoms with van der Waals surface area (Å²) in [6, 6.07) is 5.59. The van der Waals surface area contributed by atoms with E-state index in [-0.39, 0.29) is 11.8 Å². The van der Waals surface area contributed by atoms with E-state index in [0.717, 1.165) is 30.6 Å². The van der Waals surface area contributed by atoms with Gasteiger partial charge in [0.25, 0.3) is 5.91 Å². The summed E-state index contributed by atoms with van der Waals surface area (Å²) in [6.07, 6.45) is 3.40. The highest BCUT2D eigenvalue weighted by molar-refractivity contribution is 5.94. The van der Waals surface area contributed by atoms with Gasteiger partial charge in [0.1, 0.15) is 5.75 Å². The molecule has 1 aromatic carbocycles. The fourth-order valence-corrected chi connectivity index (χ4v) is 3.02. The minimum absolute atomic E-state index is 0.0352.